The molecule has 2 saturated carbocycles. The molecule has 1 aromatic carbocycles. The Labute approximate surface area is 208 Å². The van der Waals surface area contributed by atoms with Crippen LogP contribution in [0, 0.1) is 5.92 Å². The van der Waals surface area contributed by atoms with Crippen molar-refractivity contribution in [3.05, 3.63) is 65.6 Å². The molecule has 186 valence electrons. The van der Waals surface area contributed by atoms with Crippen LogP contribution < -0.4 is 10.2 Å². The van der Waals surface area contributed by atoms with Crippen molar-refractivity contribution in [3.8, 4) is 0 Å². The first-order chi connectivity index (χ1) is 16.8. The standard InChI is InChI=1S/C25H27F2N3O3S2/c26-22-12-16(13-23(22)27)11-21(17-1-3-19(4-2-17)35(32,33)20-5-6-20)25(31)29-24-14-30(15-34-24)18-7-9-28-10-8-18/h1-4,7-10,14,16,20-23H,5-6,11-13,15H2,(H,29,31)/t16?,21-,22?,23?/m1/s1. The smallest absolute Gasteiger partial charge is 0.232 e. The molecule has 3 atom stereocenters. The second kappa shape index (κ2) is 9.89. The molecule has 2 fully saturated rings. The van der Waals surface area contributed by atoms with Crippen LogP contribution >= 0.6 is 11.8 Å². The fourth-order valence-electron chi connectivity index (χ4n) is 4.73. The monoisotopic (exact) mass is 519 g/mol. The fourth-order valence-corrected chi connectivity index (χ4v) is 7.26. The Balaban J connectivity index is 1.34. The highest BCUT2D eigenvalue weighted by Crippen LogP contribution is 2.39. The van der Waals surface area contributed by atoms with Gasteiger partial charge < -0.3 is 10.2 Å². The van der Waals surface area contributed by atoms with Crippen LogP contribution in [0.15, 0.2) is 64.9 Å². The zero-order chi connectivity index (χ0) is 24.6. The number of anilines is 1. The third kappa shape index (κ3) is 5.38. The van der Waals surface area contributed by atoms with Crippen LogP contribution in [0.4, 0.5) is 14.5 Å². The summed E-state index contributed by atoms with van der Waals surface area (Å²) < 4.78 is 52.8. The van der Waals surface area contributed by atoms with Crippen LogP contribution in [0.1, 0.15) is 43.6 Å². The van der Waals surface area contributed by atoms with Crippen molar-refractivity contribution in [3.63, 3.8) is 0 Å². The summed E-state index contributed by atoms with van der Waals surface area (Å²) in [5, 5.41) is 3.34. The van der Waals surface area contributed by atoms with E-state index in [1.165, 1.54) is 11.8 Å². The summed E-state index contributed by atoms with van der Waals surface area (Å²) >= 11 is 1.48. The molecule has 1 N–H and O–H groups in total. The average molecular weight is 520 g/mol. The number of nitrogens with zero attached hydrogens (tertiary/aromatic N) is 2. The largest absolute Gasteiger partial charge is 0.335 e. The Hall–Kier alpha value is -2.46. The SMILES string of the molecule is O=C(NC1=CN(c2ccncc2)CS1)[C@H](CC1CC(F)C(F)C1)c1ccc(S(=O)(=O)C2CC2)cc1. The van der Waals surface area contributed by atoms with Crippen LogP contribution in [0.5, 0.6) is 0 Å². The van der Waals surface area contributed by atoms with Gasteiger partial charge in [-0.1, -0.05) is 23.9 Å². The molecule has 0 spiro atoms. The van der Waals surface area contributed by atoms with Gasteiger partial charge in [0.25, 0.3) is 0 Å². The average Bonchev–Trinajstić information content (AvgIpc) is 3.55. The van der Waals surface area contributed by atoms with E-state index in [0.29, 0.717) is 35.7 Å². The van der Waals surface area contributed by atoms with E-state index in [-0.39, 0.29) is 34.8 Å². The van der Waals surface area contributed by atoms with Crippen molar-refractivity contribution in [2.75, 3.05) is 10.8 Å². The fraction of sp³-hybridized carbons (Fsp3) is 0.440. The van der Waals surface area contributed by atoms with Gasteiger partial charge in [0.1, 0.15) is 12.3 Å². The lowest BCUT2D eigenvalue weighted by atomic mass is 9.87. The van der Waals surface area contributed by atoms with Gasteiger partial charge in [0, 0.05) is 24.3 Å². The molecule has 2 aliphatic carbocycles. The molecule has 0 bridgehead atoms. The minimum absolute atomic E-state index is 0.0896. The number of thioether (sulfide) groups is 1. The van der Waals surface area contributed by atoms with E-state index in [0.717, 1.165) is 5.69 Å². The van der Waals surface area contributed by atoms with Gasteiger partial charge in [-0.2, -0.15) is 0 Å². The van der Waals surface area contributed by atoms with Crippen molar-refractivity contribution in [1.29, 1.82) is 0 Å². The number of carbonyl (C=O) groups is 1. The summed E-state index contributed by atoms with van der Waals surface area (Å²) in [6.45, 7) is 0. The van der Waals surface area contributed by atoms with Crippen molar-refractivity contribution in [2.45, 2.75) is 60.5 Å². The normalized spacial score (nSPS) is 25.4. The topological polar surface area (TPSA) is 79.4 Å². The summed E-state index contributed by atoms with van der Waals surface area (Å²) in [6.07, 6.45) is 4.08. The number of hydrogen-bond donors (Lipinski definition) is 1. The number of sulfone groups is 1. The van der Waals surface area contributed by atoms with Crippen LogP contribution in [0.3, 0.4) is 0 Å². The quantitative estimate of drug-likeness (QED) is 0.545. The molecule has 10 heteroatoms. The van der Waals surface area contributed by atoms with Gasteiger partial charge in [0.05, 0.1) is 27.0 Å². The number of aromatic nitrogens is 1. The van der Waals surface area contributed by atoms with Gasteiger partial charge >= 0.3 is 0 Å². The number of pyridine rings is 1. The Morgan fingerprint density at radius 3 is 2.37 bits per heavy atom. The predicted molar refractivity (Wildman–Crippen MR) is 132 cm³/mol. The zero-order valence-electron chi connectivity index (χ0n) is 19.0. The van der Waals surface area contributed by atoms with E-state index >= 15 is 0 Å². The van der Waals surface area contributed by atoms with Gasteiger partial charge in [-0.3, -0.25) is 9.78 Å². The summed E-state index contributed by atoms with van der Waals surface area (Å²) in [4.78, 5) is 19.7. The van der Waals surface area contributed by atoms with E-state index in [4.69, 9.17) is 0 Å². The summed E-state index contributed by atoms with van der Waals surface area (Å²) in [6, 6.07) is 10.2. The first kappa shape index (κ1) is 24.2. The lowest BCUT2D eigenvalue weighted by molar-refractivity contribution is -0.122. The van der Waals surface area contributed by atoms with Crippen LogP contribution in [0.2, 0.25) is 0 Å². The third-order valence-electron chi connectivity index (χ3n) is 6.84. The summed E-state index contributed by atoms with van der Waals surface area (Å²) in [7, 11) is -3.34. The minimum Gasteiger partial charge on any atom is -0.335 e. The zero-order valence-corrected chi connectivity index (χ0v) is 20.7. The van der Waals surface area contributed by atoms with E-state index in [1.54, 1.807) is 36.7 Å². The van der Waals surface area contributed by atoms with Gasteiger partial charge in [-0.15, -0.1) is 0 Å². The van der Waals surface area contributed by atoms with Gasteiger partial charge in [0.15, 0.2) is 9.84 Å². The molecule has 1 aliphatic heterocycles. The maximum absolute atomic E-state index is 13.9. The number of rotatable bonds is 8. The van der Waals surface area contributed by atoms with E-state index in [9.17, 15) is 22.0 Å². The predicted octanol–water partition coefficient (Wildman–Crippen LogP) is 4.70. The van der Waals surface area contributed by atoms with Crippen LogP contribution in [-0.2, 0) is 14.6 Å². The molecule has 2 heterocycles. The summed E-state index contributed by atoms with van der Waals surface area (Å²) in [5.41, 5.74) is 1.60. The van der Waals surface area contributed by atoms with Crippen LogP contribution in [-0.4, -0.2) is 42.8 Å². The molecular weight excluding hydrogens is 492 g/mol. The molecule has 0 saturated heterocycles. The lowest BCUT2D eigenvalue weighted by Crippen LogP contribution is -2.29. The van der Waals surface area contributed by atoms with E-state index in [2.05, 4.69) is 10.3 Å². The molecule has 1 amide bonds. The van der Waals surface area contributed by atoms with Gasteiger partial charge in [-0.25, -0.2) is 17.2 Å². The maximum atomic E-state index is 13.9. The number of benzene rings is 1. The Morgan fingerprint density at radius 1 is 1.09 bits per heavy atom. The highest BCUT2D eigenvalue weighted by molar-refractivity contribution is 8.03. The molecule has 1 aromatic heterocycles. The molecule has 2 unspecified atom stereocenters. The second-order valence-corrected chi connectivity index (χ2v) is 12.6. The maximum Gasteiger partial charge on any atom is 0.232 e. The number of halogens is 2. The van der Waals surface area contributed by atoms with Crippen molar-refractivity contribution < 1.29 is 22.0 Å². The highest BCUT2D eigenvalue weighted by Gasteiger charge is 2.39. The number of alkyl halides is 2. The number of amides is 1. The third-order valence-corrected chi connectivity index (χ3v) is 10.0. The van der Waals surface area contributed by atoms with E-state index < -0.39 is 28.1 Å². The molecule has 35 heavy (non-hydrogen) atoms. The molecule has 0 radical (unpaired) electrons. The molecule has 3 aliphatic rings. The van der Waals surface area contributed by atoms with Gasteiger partial charge in [-0.05, 0) is 67.9 Å². The minimum atomic E-state index is -3.34. The molecule has 2 aromatic rings. The lowest BCUT2D eigenvalue weighted by Gasteiger charge is -2.21. The molecule has 5 rings (SSSR count). The first-order valence-electron chi connectivity index (χ1n) is 11.8. The highest BCUT2D eigenvalue weighted by atomic mass is 32.2. The Morgan fingerprint density at radius 2 is 1.74 bits per heavy atom. The van der Waals surface area contributed by atoms with Crippen LogP contribution in [0.25, 0.3) is 0 Å². The molecule has 6 nitrogen and oxygen atoms in total. The first-order valence-corrected chi connectivity index (χ1v) is 14.3. The number of nitrogens with one attached hydrogen (secondary N) is 1. The Bertz CT molecular complexity index is 1190. The number of carbonyl (C=O) groups excluding carboxylic acids is 1. The number of hydrogen-bond acceptors (Lipinski definition) is 6. The van der Waals surface area contributed by atoms with Gasteiger partial charge in [0.2, 0.25) is 5.91 Å². The second-order valence-electron chi connectivity index (χ2n) is 9.40. The summed E-state index contributed by atoms with van der Waals surface area (Å²) in [5.74, 6) is -0.542. The Kier molecular flexibility index (Phi) is 6.85. The van der Waals surface area contributed by atoms with Crippen molar-refractivity contribution >= 4 is 33.2 Å². The van der Waals surface area contributed by atoms with E-state index in [1.807, 2.05) is 23.2 Å². The van der Waals surface area contributed by atoms with Crippen molar-refractivity contribution in [2.24, 2.45) is 5.92 Å². The molecular formula is C25H27F2N3O3S2. The van der Waals surface area contributed by atoms with Crippen molar-refractivity contribution in [1.82, 2.24) is 10.3 Å².